The van der Waals surface area contributed by atoms with Crippen LogP contribution in [0.4, 0.5) is 0 Å². The molecular weight excluding hydrogens is 390 g/mol. The third kappa shape index (κ3) is 4.79. The minimum Gasteiger partial charge on any atom is -0.342 e. The summed E-state index contributed by atoms with van der Waals surface area (Å²) in [6.07, 6.45) is 3.07. The molecule has 2 fully saturated rings. The van der Waals surface area contributed by atoms with Crippen LogP contribution in [0.1, 0.15) is 29.8 Å². The van der Waals surface area contributed by atoms with Gasteiger partial charge >= 0.3 is 0 Å². The molecule has 0 spiro atoms. The van der Waals surface area contributed by atoms with Crippen LogP contribution in [-0.4, -0.2) is 82.5 Å². The molecule has 0 radical (unpaired) electrons. The highest BCUT2D eigenvalue weighted by molar-refractivity contribution is 6.30. The maximum atomic E-state index is 12.9. The smallest absolute Gasteiger partial charge is 0.271 e. The normalized spacial score (nSPS) is 18.1. The largest absolute Gasteiger partial charge is 0.342 e. The number of H-pyrrole nitrogens is 1. The number of hydrogen-bond donors (Lipinski definition) is 1. The van der Waals surface area contributed by atoms with Gasteiger partial charge in [0.25, 0.3) is 5.91 Å². The molecule has 2 aromatic rings. The Morgan fingerprint density at radius 1 is 0.931 bits per heavy atom. The molecule has 7 nitrogen and oxygen atoms in total. The Kier molecular flexibility index (Phi) is 6.16. The first-order valence-corrected chi connectivity index (χ1v) is 10.6. The summed E-state index contributed by atoms with van der Waals surface area (Å²) < 4.78 is 0. The predicted octanol–water partition coefficient (Wildman–Crippen LogP) is 2.50. The molecule has 3 heterocycles. The van der Waals surface area contributed by atoms with Crippen molar-refractivity contribution in [2.24, 2.45) is 0 Å². The lowest BCUT2D eigenvalue weighted by Gasteiger charge is -2.23. The molecule has 0 atom stereocenters. The highest BCUT2D eigenvalue weighted by Crippen LogP contribution is 2.21. The summed E-state index contributed by atoms with van der Waals surface area (Å²) in [6, 6.07) is 9.16. The van der Waals surface area contributed by atoms with E-state index >= 15 is 0 Å². The number of likely N-dealkylation sites (tertiary alicyclic amines) is 1. The molecule has 0 bridgehead atoms. The second-order valence-corrected chi connectivity index (χ2v) is 8.12. The highest BCUT2D eigenvalue weighted by Gasteiger charge is 2.25. The van der Waals surface area contributed by atoms with Crippen molar-refractivity contribution in [1.29, 1.82) is 0 Å². The van der Waals surface area contributed by atoms with Gasteiger partial charge in [-0.2, -0.15) is 5.10 Å². The number of carbonyl (C=O) groups excluding carboxylic acids is 2. The summed E-state index contributed by atoms with van der Waals surface area (Å²) in [5.41, 5.74) is 2.11. The van der Waals surface area contributed by atoms with Gasteiger partial charge in [0.15, 0.2) is 0 Å². The second-order valence-electron chi connectivity index (χ2n) is 7.68. The minimum atomic E-state index is -0.0505. The van der Waals surface area contributed by atoms with Crippen molar-refractivity contribution in [2.45, 2.75) is 19.3 Å². The standard InChI is InChI=1S/C21H26ClN5O2/c22-17-6-4-16(5-7-17)18-14-19(24-23-18)21(29)27-11-3-8-25(12-13-27)15-20(28)26-9-1-2-10-26/h4-7,14H,1-3,8-13,15H2,(H,23,24). The zero-order valence-corrected chi connectivity index (χ0v) is 17.2. The van der Waals surface area contributed by atoms with Gasteiger partial charge in [-0.3, -0.25) is 19.6 Å². The molecule has 2 aliphatic rings. The first kappa shape index (κ1) is 19.9. The van der Waals surface area contributed by atoms with Crippen molar-refractivity contribution >= 4 is 23.4 Å². The fourth-order valence-electron chi connectivity index (χ4n) is 3.96. The van der Waals surface area contributed by atoms with Crippen LogP contribution in [0.5, 0.6) is 0 Å². The van der Waals surface area contributed by atoms with Crippen molar-refractivity contribution in [1.82, 2.24) is 24.9 Å². The van der Waals surface area contributed by atoms with E-state index in [1.54, 1.807) is 18.2 Å². The quantitative estimate of drug-likeness (QED) is 0.832. The number of rotatable bonds is 4. The van der Waals surface area contributed by atoms with Gasteiger partial charge < -0.3 is 9.80 Å². The van der Waals surface area contributed by atoms with E-state index in [-0.39, 0.29) is 11.8 Å². The van der Waals surface area contributed by atoms with Gasteiger partial charge in [0.2, 0.25) is 5.91 Å². The minimum absolute atomic E-state index is 0.0505. The third-order valence-electron chi connectivity index (χ3n) is 5.64. The Labute approximate surface area is 175 Å². The number of halogens is 1. The number of nitrogens with zero attached hydrogens (tertiary/aromatic N) is 4. The van der Waals surface area contributed by atoms with Crippen LogP contribution in [0.3, 0.4) is 0 Å². The maximum absolute atomic E-state index is 12.9. The van der Waals surface area contributed by atoms with Gasteiger partial charge in [-0.15, -0.1) is 0 Å². The number of aromatic nitrogens is 2. The summed E-state index contributed by atoms with van der Waals surface area (Å²) in [4.78, 5) is 31.3. The lowest BCUT2D eigenvalue weighted by atomic mass is 10.1. The molecule has 0 saturated carbocycles. The molecular formula is C21H26ClN5O2. The van der Waals surface area contributed by atoms with Crippen LogP contribution in [0.15, 0.2) is 30.3 Å². The van der Waals surface area contributed by atoms with E-state index in [4.69, 9.17) is 11.6 Å². The van der Waals surface area contributed by atoms with Gasteiger partial charge in [0.1, 0.15) is 5.69 Å². The van der Waals surface area contributed by atoms with Crippen LogP contribution >= 0.6 is 11.6 Å². The van der Waals surface area contributed by atoms with Crippen molar-refractivity contribution in [3.63, 3.8) is 0 Å². The number of aromatic amines is 1. The van der Waals surface area contributed by atoms with Gasteiger partial charge in [-0.05, 0) is 37.5 Å². The summed E-state index contributed by atoms with van der Waals surface area (Å²) in [5, 5.41) is 7.81. The van der Waals surface area contributed by atoms with E-state index in [2.05, 4.69) is 15.1 Å². The summed E-state index contributed by atoms with van der Waals surface area (Å²) >= 11 is 5.94. The summed E-state index contributed by atoms with van der Waals surface area (Å²) in [6.45, 7) is 5.06. The van der Waals surface area contributed by atoms with Crippen molar-refractivity contribution in [2.75, 3.05) is 45.8 Å². The zero-order valence-electron chi connectivity index (χ0n) is 16.4. The van der Waals surface area contributed by atoms with E-state index in [0.717, 1.165) is 50.2 Å². The third-order valence-corrected chi connectivity index (χ3v) is 5.89. The number of hydrogen-bond acceptors (Lipinski definition) is 4. The Bertz CT molecular complexity index is 860. The first-order valence-electron chi connectivity index (χ1n) is 10.2. The monoisotopic (exact) mass is 415 g/mol. The summed E-state index contributed by atoms with van der Waals surface area (Å²) in [5.74, 6) is 0.161. The lowest BCUT2D eigenvalue weighted by molar-refractivity contribution is -0.131. The van der Waals surface area contributed by atoms with Gasteiger partial charge in [0, 0.05) is 49.9 Å². The van der Waals surface area contributed by atoms with Crippen LogP contribution < -0.4 is 0 Å². The van der Waals surface area contributed by atoms with Gasteiger partial charge in [-0.25, -0.2) is 0 Å². The molecule has 1 aromatic carbocycles. The number of benzene rings is 1. The van der Waals surface area contributed by atoms with E-state index in [0.29, 0.717) is 36.9 Å². The van der Waals surface area contributed by atoms with Crippen LogP contribution in [0, 0.1) is 0 Å². The van der Waals surface area contributed by atoms with E-state index in [9.17, 15) is 9.59 Å². The molecule has 29 heavy (non-hydrogen) atoms. The first-order chi connectivity index (χ1) is 14.1. The Morgan fingerprint density at radius 2 is 1.66 bits per heavy atom. The molecule has 0 unspecified atom stereocenters. The van der Waals surface area contributed by atoms with Gasteiger partial charge in [-0.1, -0.05) is 23.7 Å². The van der Waals surface area contributed by atoms with Crippen molar-refractivity contribution in [3.8, 4) is 11.3 Å². The maximum Gasteiger partial charge on any atom is 0.271 e. The average molecular weight is 416 g/mol. The van der Waals surface area contributed by atoms with Crippen molar-refractivity contribution < 1.29 is 9.59 Å². The number of amides is 2. The molecule has 8 heteroatoms. The number of nitrogens with one attached hydrogen (secondary N) is 1. The topological polar surface area (TPSA) is 72.5 Å². The van der Waals surface area contributed by atoms with Crippen molar-refractivity contribution in [3.05, 3.63) is 41.0 Å². The van der Waals surface area contributed by atoms with Gasteiger partial charge in [0.05, 0.1) is 12.2 Å². The molecule has 154 valence electrons. The average Bonchev–Trinajstić information content (AvgIpc) is 3.38. The van der Waals surface area contributed by atoms with Crippen LogP contribution in [0.25, 0.3) is 11.3 Å². The number of carbonyl (C=O) groups is 2. The molecule has 2 aliphatic heterocycles. The van der Waals surface area contributed by atoms with E-state index in [1.807, 2.05) is 21.9 Å². The highest BCUT2D eigenvalue weighted by atomic mass is 35.5. The van der Waals surface area contributed by atoms with Crippen LogP contribution in [0.2, 0.25) is 5.02 Å². The second kappa shape index (κ2) is 8.97. The Morgan fingerprint density at radius 3 is 2.41 bits per heavy atom. The lowest BCUT2D eigenvalue weighted by Crippen LogP contribution is -2.41. The van der Waals surface area contributed by atoms with Crippen LogP contribution in [-0.2, 0) is 4.79 Å². The molecule has 2 saturated heterocycles. The molecule has 1 N–H and O–H groups in total. The van der Waals surface area contributed by atoms with E-state index in [1.165, 1.54) is 0 Å². The molecule has 0 aliphatic carbocycles. The zero-order chi connectivity index (χ0) is 20.2. The fraction of sp³-hybridized carbons (Fsp3) is 0.476. The fourth-order valence-corrected chi connectivity index (χ4v) is 4.09. The Hall–Kier alpha value is -2.38. The molecule has 4 rings (SSSR count). The Balaban J connectivity index is 1.35. The van der Waals surface area contributed by atoms with E-state index < -0.39 is 0 Å². The summed E-state index contributed by atoms with van der Waals surface area (Å²) in [7, 11) is 0. The molecule has 1 aromatic heterocycles. The molecule has 2 amide bonds. The SMILES string of the molecule is O=C(CN1CCCN(C(=O)c2cc(-c3ccc(Cl)cc3)n[nH]2)CC1)N1CCCC1. The predicted molar refractivity (Wildman–Crippen MR) is 112 cm³/mol.